The molecule has 1 aromatic carbocycles. The predicted octanol–water partition coefficient (Wildman–Crippen LogP) is 2.06. The van der Waals surface area contributed by atoms with Gasteiger partial charge < -0.3 is 19.7 Å². The first kappa shape index (κ1) is 24.0. The van der Waals surface area contributed by atoms with Crippen molar-refractivity contribution in [1.82, 2.24) is 23.8 Å². The lowest BCUT2D eigenvalue weighted by atomic mass is 10.0. The number of sulfonamides is 1. The van der Waals surface area contributed by atoms with E-state index in [2.05, 4.69) is 20.3 Å². The number of hydrogen-bond donors (Lipinski definition) is 2. The van der Waals surface area contributed by atoms with Crippen LogP contribution in [0.4, 0.5) is 14.7 Å². The molecule has 0 saturated carbocycles. The van der Waals surface area contributed by atoms with Gasteiger partial charge in [0, 0.05) is 18.7 Å². The first-order valence-electron chi connectivity index (χ1n) is 11.4. The Morgan fingerprint density at radius 2 is 2.06 bits per heavy atom. The summed E-state index contributed by atoms with van der Waals surface area (Å²) in [4.78, 5) is 12.6. The molecule has 3 atom stereocenters. The van der Waals surface area contributed by atoms with E-state index < -0.39 is 33.8 Å². The molecule has 2 N–H and O–H groups in total. The normalized spacial score (nSPS) is 23.4. The highest BCUT2D eigenvalue weighted by atomic mass is 32.2. The molecule has 5 rings (SSSR count). The van der Waals surface area contributed by atoms with Crippen LogP contribution < -0.4 is 5.32 Å². The molecule has 1 saturated heterocycles. The number of β-amino-alcohol motifs (C(OH)–C–C–N with tert-alkyl or cyclic N) is 1. The van der Waals surface area contributed by atoms with Crippen LogP contribution in [-0.2, 0) is 21.4 Å². The molecule has 1 fully saturated rings. The van der Waals surface area contributed by atoms with Crippen molar-refractivity contribution in [2.45, 2.75) is 44.6 Å². The van der Waals surface area contributed by atoms with Crippen molar-refractivity contribution in [2.24, 2.45) is 0 Å². The first-order valence-corrected chi connectivity index (χ1v) is 13.2. The Morgan fingerprint density at radius 3 is 2.77 bits per heavy atom. The van der Waals surface area contributed by atoms with Crippen LogP contribution in [0.1, 0.15) is 31.6 Å². The van der Waals surface area contributed by atoms with Crippen LogP contribution in [0.3, 0.4) is 0 Å². The van der Waals surface area contributed by atoms with Crippen LogP contribution >= 0.6 is 0 Å². The fourth-order valence-corrected chi connectivity index (χ4v) is 5.55. The summed E-state index contributed by atoms with van der Waals surface area (Å²) in [6.45, 7) is 2.92. The highest BCUT2D eigenvalue weighted by molar-refractivity contribution is 7.88. The molecule has 0 radical (unpaired) electrons. The number of nitrogens with one attached hydrogen (secondary N) is 1. The monoisotopic (exact) mass is 508 g/mol. The summed E-state index contributed by atoms with van der Waals surface area (Å²) < 4.78 is 62.1. The van der Waals surface area contributed by atoms with E-state index >= 15 is 4.39 Å². The molecule has 2 aromatic heterocycles. The third kappa shape index (κ3) is 4.48. The largest absolute Gasteiger partial charge is 0.390 e. The van der Waals surface area contributed by atoms with Crippen molar-refractivity contribution in [3.63, 3.8) is 0 Å². The maximum absolute atomic E-state index is 15.1. The minimum absolute atomic E-state index is 0.00911. The lowest BCUT2D eigenvalue weighted by Crippen LogP contribution is -2.51. The van der Waals surface area contributed by atoms with E-state index in [9.17, 15) is 17.9 Å². The van der Waals surface area contributed by atoms with Crippen LogP contribution in [0, 0.1) is 11.6 Å². The number of imidazole rings is 1. The summed E-state index contributed by atoms with van der Waals surface area (Å²) in [7, 11) is -3.42. The summed E-state index contributed by atoms with van der Waals surface area (Å²) in [5.41, 5.74) is 0.874. The Morgan fingerprint density at radius 1 is 1.26 bits per heavy atom. The Kier molecular flexibility index (Phi) is 6.20. The molecule has 0 spiro atoms. The minimum atomic E-state index is -3.42. The Hall–Kier alpha value is -2.74. The van der Waals surface area contributed by atoms with Gasteiger partial charge in [0.25, 0.3) is 0 Å². The van der Waals surface area contributed by atoms with Gasteiger partial charge in [0.15, 0.2) is 11.6 Å². The van der Waals surface area contributed by atoms with E-state index in [1.165, 1.54) is 10.4 Å². The second-order valence-electron chi connectivity index (χ2n) is 8.92. The molecule has 4 heterocycles. The van der Waals surface area contributed by atoms with Crippen LogP contribution in [-0.4, -0.2) is 75.4 Å². The van der Waals surface area contributed by atoms with E-state index in [1.54, 1.807) is 6.07 Å². The minimum Gasteiger partial charge on any atom is -0.390 e. The summed E-state index contributed by atoms with van der Waals surface area (Å²) in [6, 6.07) is 2.32. The molecule has 10 nitrogen and oxygen atoms in total. The average Bonchev–Trinajstić information content (AvgIpc) is 3.20. The molecule has 188 valence electrons. The number of anilines is 1. The third-order valence-electron chi connectivity index (χ3n) is 6.55. The van der Waals surface area contributed by atoms with Gasteiger partial charge >= 0.3 is 0 Å². The van der Waals surface area contributed by atoms with Crippen molar-refractivity contribution in [1.29, 1.82) is 0 Å². The van der Waals surface area contributed by atoms with Crippen molar-refractivity contribution in [3.05, 3.63) is 35.8 Å². The number of aliphatic hydroxyl groups is 1. The number of aliphatic hydroxyl groups excluding tert-OH is 1. The number of hydrogen-bond acceptors (Lipinski definition) is 8. The number of benzene rings is 1. The molecule has 0 amide bonds. The predicted molar refractivity (Wildman–Crippen MR) is 124 cm³/mol. The summed E-state index contributed by atoms with van der Waals surface area (Å²) >= 11 is 0. The van der Waals surface area contributed by atoms with Crippen LogP contribution in [0.5, 0.6) is 0 Å². The standard InChI is InChI=1S/C22H26F2N6O4S/c1-3-13-10-34-11-19-27-21-14(23)6-12(7-17(21)30(13)19)20-15(24)8-25-22(28-20)26-16-4-5-29(9-18(16)31)35(2,32)33/h6-8,13,16,18,31H,3-5,9-11H2,1-2H3,(H,25,26,28)/t13?,16-,18-/m1/s1. The molecule has 13 heteroatoms. The lowest BCUT2D eigenvalue weighted by molar-refractivity contribution is 0.0554. The van der Waals surface area contributed by atoms with Crippen molar-refractivity contribution in [2.75, 3.05) is 31.3 Å². The topological polar surface area (TPSA) is 122 Å². The Balaban J connectivity index is 1.47. The van der Waals surface area contributed by atoms with Gasteiger partial charge in [-0.2, -0.15) is 4.31 Å². The third-order valence-corrected chi connectivity index (χ3v) is 7.81. The van der Waals surface area contributed by atoms with Gasteiger partial charge in [-0.15, -0.1) is 0 Å². The summed E-state index contributed by atoms with van der Waals surface area (Å²) in [5.74, 6) is -0.649. The van der Waals surface area contributed by atoms with Gasteiger partial charge in [-0.1, -0.05) is 6.92 Å². The molecule has 3 aromatic rings. The van der Waals surface area contributed by atoms with E-state index in [1.807, 2.05) is 11.5 Å². The van der Waals surface area contributed by atoms with Crippen molar-refractivity contribution < 1.29 is 27.0 Å². The fraction of sp³-hybridized carbons (Fsp3) is 0.500. The van der Waals surface area contributed by atoms with Crippen LogP contribution in [0.2, 0.25) is 0 Å². The zero-order valence-electron chi connectivity index (χ0n) is 19.3. The number of nitrogens with zero attached hydrogens (tertiary/aromatic N) is 5. The molecule has 0 bridgehead atoms. The number of fused-ring (bicyclic) bond motifs is 3. The Labute approximate surface area is 201 Å². The molecule has 1 unspecified atom stereocenters. The second-order valence-corrected chi connectivity index (χ2v) is 10.9. The van der Waals surface area contributed by atoms with Crippen LogP contribution in [0.15, 0.2) is 18.3 Å². The maximum Gasteiger partial charge on any atom is 0.223 e. The Bertz CT molecular complexity index is 1380. The van der Waals surface area contributed by atoms with Crippen LogP contribution in [0.25, 0.3) is 22.3 Å². The second kappa shape index (κ2) is 9.04. The average molecular weight is 509 g/mol. The van der Waals surface area contributed by atoms with Gasteiger partial charge in [-0.25, -0.2) is 32.2 Å². The summed E-state index contributed by atoms with van der Waals surface area (Å²) in [5, 5.41) is 13.4. The molecule has 35 heavy (non-hydrogen) atoms. The number of halogens is 2. The molecule has 2 aliphatic rings. The van der Waals surface area contributed by atoms with E-state index in [0.717, 1.165) is 18.9 Å². The van der Waals surface area contributed by atoms with Gasteiger partial charge in [-0.3, -0.25) is 0 Å². The van der Waals surface area contributed by atoms with Gasteiger partial charge in [0.05, 0.1) is 42.8 Å². The zero-order chi connectivity index (χ0) is 24.9. The molecular formula is C22H26F2N6O4S. The first-order chi connectivity index (χ1) is 16.7. The lowest BCUT2D eigenvalue weighted by Gasteiger charge is -2.34. The quantitative estimate of drug-likeness (QED) is 0.537. The van der Waals surface area contributed by atoms with E-state index in [0.29, 0.717) is 24.4 Å². The highest BCUT2D eigenvalue weighted by Gasteiger charge is 2.32. The summed E-state index contributed by atoms with van der Waals surface area (Å²) in [6.07, 6.45) is 2.15. The maximum atomic E-state index is 15.1. The highest BCUT2D eigenvalue weighted by Crippen LogP contribution is 2.33. The van der Waals surface area contributed by atoms with Gasteiger partial charge in [0.1, 0.15) is 23.6 Å². The molecular weight excluding hydrogens is 482 g/mol. The van der Waals surface area contributed by atoms with E-state index in [-0.39, 0.29) is 48.5 Å². The zero-order valence-corrected chi connectivity index (χ0v) is 20.1. The number of piperidine rings is 1. The van der Waals surface area contributed by atoms with Gasteiger partial charge in [-0.05, 0) is 25.0 Å². The fourth-order valence-electron chi connectivity index (χ4n) is 4.69. The van der Waals surface area contributed by atoms with Crippen molar-refractivity contribution in [3.8, 4) is 11.3 Å². The number of rotatable bonds is 5. The number of ether oxygens (including phenoxy) is 1. The smallest absolute Gasteiger partial charge is 0.223 e. The number of aromatic nitrogens is 4. The SMILES string of the molecule is CCC1COCc2nc3c(F)cc(-c4nc(N[C@@H]5CCN(S(C)(=O)=O)C[C@H]5O)ncc4F)cc3n21. The molecule has 2 aliphatic heterocycles. The van der Waals surface area contributed by atoms with E-state index in [4.69, 9.17) is 4.74 Å². The van der Waals surface area contributed by atoms with Gasteiger partial charge in [0.2, 0.25) is 16.0 Å². The van der Waals surface area contributed by atoms with Crippen molar-refractivity contribution >= 4 is 27.0 Å². The molecule has 0 aliphatic carbocycles.